The van der Waals surface area contributed by atoms with Gasteiger partial charge in [0, 0.05) is 17.8 Å². The van der Waals surface area contributed by atoms with Crippen LogP contribution >= 0.6 is 11.8 Å². The van der Waals surface area contributed by atoms with Crippen molar-refractivity contribution in [2.75, 3.05) is 30.4 Å². The summed E-state index contributed by atoms with van der Waals surface area (Å²) in [5, 5.41) is 8.51. The van der Waals surface area contributed by atoms with Gasteiger partial charge in [0.1, 0.15) is 13.2 Å². The number of amides is 1. The average molecular weight is 395 g/mol. The van der Waals surface area contributed by atoms with E-state index in [1.54, 1.807) is 0 Å². The topological polar surface area (TPSA) is 77.7 Å². The van der Waals surface area contributed by atoms with Gasteiger partial charge in [-0.15, -0.1) is 10.2 Å². The maximum atomic E-state index is 12.6. The van der Waals surface area contributed by atoms with Crippen LogP contribution in [0.1, 0.15) is 5.56 Å². The molecule has 5 rings (SSSR count). The smallest absolute Gasteiger partial charge is 0.277 e. The average Bonchev–Trinajstić information content (AvgIpc) is 3.39. The van der Waals surface area contributed by atoms with E-state index in [9.17, 15) is 4.79 Å². The fourth-order valence-electron chi connectivity index (χ4n) is 3.36. The summed E-state index contributed by atoms with van der Waals surface area (Å²) in [7, 11) is 0. The molecule has 0 unspecified atom stereocenters. The Hall–Kier alpha value is -3.00. The minimum Gasteiger partial charge on any atom is -0.486 e. The van der Waals surface area contributed by atoms with Crippen LogP contribution in [-0.2, 0) is 11.2 Å². The first-order valence-electron chi connectivity index (χ1n) is 9.02. The number of aromatic nitrogens is 2. The molecule has 1 aromatic heterocycles. The summed E-state index contributed by atoms with van der Waals surface area (Å²) in [6.07, 6.45) is 0.890. The Morgan fingerprint density at radius 3 is 2.86 bits per heavy atom. The van der Waals surface area contributed by atoms with Gasteiger partial charge in [-0.05, 0) is 36.2 Å². The second-order valence-corrected chi connectivity index (χ2v) is 7.37. The number of hydrogen-bond acceptors (Lipinski definition) is 7. The number of fused-ring (bicyclic) bond motifs is 2. The molecule has 7 nitrogen and oxygen atoms in total. The number of rotatable bonds is 4. The van der Waals surface area contributed by atoms with Crippen LogP contribution in [0.5, 0.6) is 11.5 Å². The zero-order valence-corrected chi connectivity index (χ0v) is 15.8. The molecule has 2 aliphatic heterocycles. The Kier molecular flexibility index (Phi) is 4.40. The Balaban J connectivity index is 1.26. The Morgan fingerprint density at radius 2 is 1.93 bits per heavy atom. The predicted octanol–water partition coefficient (Wildman–Crippen LogP) is 3.19. The molecule has 0 saturated heterocycles. The van der Waals surface area contributed by atoms with Crippen LogP contribution in [0.4, 0.5) is 5.69 Å². The van der Waals surface area contributed by atoms with Crippen LogP contribution in [0, 0.1) is 0 Å². The van der Waals surface area contributed by atoms with Crippen molar-refractivity contribution in [3.8, 4) is 23.0 Å². The van der Waals surface area contributed by atoms with Crippen LogP contribution in [0.2, 0.25) is 0 Å². The van der Waals surface area contributed by atoms with E-state index in [0.29, 0.717) is 42.4 Å². The lowest BCUT2D eigenvalue weighted by molar-refractivity contribution is -0.116. The van der Waals surface area contributed by atoms with Gasteiger partial charge in [0.25, 0.3) is 5.22 Å². The van der Waals surface area contributed by atoms with E-state index in [0.717, 1.165) is 17.7 Å². The van der Waals surface area contributed by atoms with Gasteiger partial charge in [0.15, 0.2) is 11.5 Å². The van der Waals surface area contributed by atoms with Crippen LogP contribution in [0.25, 0.3) is 11.5 Å². The van der Waals surface area contributed by atoms with E-state index in [1.807, 2.05) is 41.3 Å². The summed E-state index contributed by atoms with van der Waals surface area (Å²) in [6.45, 7) is 1.78. The standard InChI is InChI=1S/C20H17N3O4S/c24-18(23-8-7-13-3-1-2-4-15(13)23)12-28-20-22-21-19(27-20)14-5-6-16-17(11-14)26-10-9-25-16/h1-6,11H,7-10,12H2. The summed E-state index contributed by atoms with van der Waals surface area (Å²) < 4.78 is 16.8. The van der Waals surface area contributed by atoms with Gasteiger partial charge in [-0.25, -0.2) is 0 Å². The highest BCUT2D eigenvalue weighted by Crippen LogP contribution is 2.35. The van der Waals surface area contributed by atoms with Gasteiger partial charge in [0.2, 0.25) is 11.8 Å². The summed E-state index contributed by atoms with van der Waals surface area (Å²) >= 11 is 1.25. The van der Waals surface area contributed by atoms with E-state index in [2.05, 4.69) is 16.3 Å². The molecule has 0 radical (unpaired) electrons. The number of nitrogens with zero attached hydrogens (tertiary/aromatic N) is 3. The van der Waals surface area contributed by atoms with Gasteiger partial charge < -0.3 is 18.8 Å². The van der Waals surface area contributed by atoms with Gasteiger partial charge in [-0.1, -0.05) is 30.0 Å². The maximum Gasteiger partial charge on any atom is 0.277 e. The molecule has 2 aromatic carbocycles. The highest BCUT2D eigenvalue weighted by atomic mass is 32.2. The Bertz CT molecular complexity index is 1040. The van der Waals surface area contributed by atoms with Gasteiger partial charge in [0.05, 0.1) is 5.75 Å². The summed E-state index contributed by atoms with van der Waals surface area (Å²) in [4.78, 5) is 14.4. The first-order chi connectivity index (χ1) is 13.8. The van der Waals surface area contributed by atoms with Crippen molar-refractivity contribution in [2.24, 2.45) is 0 Å². The largest absolute Gasteiger partial charge is 0.486 e. The summed E-state index contributed by atoms with van der Waals surface area (Å²) in [5.41, 5.74) is 2.96. The minimum absolute atomic E-state index is 0.0361. The van der Waals surface area contributed by atoms with Crippen molar-refractivity contribution in [1.82, 2.24) is 10.2 Å². The molecule has 0 atom stereocenters. The van der Waals surface area contributed by atoms with E-state index in [1.165, 1.54) is 17.3 Å². The van der Waals surface area contributed by atoms with Crippen molar-refractivity contribution in [1.29, 1.82) is 0 Å². The molecule has 3 aromatic rings. The van der Waals surface area contributed by atoms with E-state index < -0.39 is 0 Å². The normalized spacial score (nSPS) is 14.8. The third kappa shape index (κ3) is 3.20. The zero-order chi connectivity index (χ0) is 18.9. The number of hydrogen-bond donors (Lipinski definition) is 0. The van der Waals surface area contributed by atoms with E-state index in [-0.39, 0.29) is 11.7 Å². The molecular formula is C20H17N3O4S. The number of carbonyl (C=O) groups is 1. The predicted molar refractivity (Wildman–Crippen MR) is 104 cm³/mol. The SMILES string of the molecule is O=C(CSc1nnc(-c2ccc3c(c2)OCCO3)o1)N1CCc2ccccc21. The van der Waals surface area contributed by atoms with Crippen LogP contribution in [0.3, 0.4) is 0 Å². The highest BCUT2D eigenvalue weighted by molar-refractivity contribution is 7.99. The monoisotopic (exact) mass is 395 g/mol. The van der Waals surface area contributed by atoms with Crippen molar-refractivity contribution in [3.05, 3.63) is 48.0 Å². The molecule has 0 fully saturated rings. The lowest BCUT2D eigenvalue weighted by Gasteiger charge is -2.18. The maximum absolute atomic E-state index is 12.6. The number of para-hydroxylation sites is 1. The molecule has 0 bridgehead atoms. The number of carbonyl (C=O) groups excluding carboxylic acids is 1. The van der Waals surface area contributed by atoms with Crippen molar-refractivity contribution >= 4 is 23.4 Å². The van der Waals surface area contributed by atoms with Crippen molar-refractivity contribution in [3.63, 3.8) is 0 Å². The van der Waals surface area contributed by atoms with Gasteiger partial charge >= 0.3 is 0 Å². The zero-order valence-electron chi connectivity index (χ0n) is 15.0. The van der Waals surface area contributed by atoms with E-state index in [4.69, 9.17) is 13.9 Å². The fraction of sp³-hybridized carbons (Fsp3) is 0.250. The lowest BCUT2D eigenvalue weighted by atomic mass is 10.2. The number of anilines is 1. The number of ether oxygens (including phenoxy) is 2. The number of benzene rings is 2. The summed E-state index contributed by atoms with van der Waals surface area (Å²) in [5.74, 6) is 2.05. The third-order valence-corrected chi connectivity index (χ3v) is 5.51. The third-order valence-electron chi connectivity index (χ3n) is 4.70. The Morgan fingerprint density at radius 1 is 1.07 bits per heavy atom. The first-order valence-corrected chi connectivity index (χ1v) is 10.0. The molecular weight excluding hydrogens is 378 g/mol. The minimum atomic E-state index is 0.0361. The van der Waals surface area contributed by atoms with Gasteiger partial charge in [-0.2, -0.15) is 0 Å². The van der Waals surface area contributed by atoms with Crippen molar-refractivity contribution < 1.29 is 18.7 Å². The molecule has 0 N–H and O–H groups in total. The molecule has 3 heterocycles. The molecule has 2 aliphatic rings. The number of thioether (sulfide) groups is 1. The quantitative estimate of drug-likeness (QED) is 0.628. The van der Waals surface area contributed by atoms with Crippen LogP contribution in [-0.4, -0.2) is 41.6 Å². The van der Waals surface area contributed by atoms with Gasteiger partial charge in [-0.3, -0.25) is 4.79 Å². The second kappa shape index (κ2) is 7.20. The van der Waals surface area contributed by atoms with Crippen LogP contribution in [0.15, 0.2) is 52.1 Å². The molecule has 1 amide bonds. The first kappa shape index (κ1) is 17.1. The van der Waals surface area contributed by atoms with Crippen LogP contribution < -0.4 is 14.4 Å². The molecule has 28 heavy (non-hydrogen) atoms. The second-order valence-electron chi connectivity index (χ2n) is 6.44. The molecule has 0 aliphatic carbocycles. The van der Waals surface area contributed by atoms with E-state index >= 15 is 0 Å². The Labute approximate surface area is 165 Å². The molecule has 0 spiro atoms. The molecule has 142 valence electrons. The highest BCUT2D eigenvalue weighted by Gasteiger charge is 2.24. The molecule has 8 heteroatoms. The van der Waals surface area contributed by atoms with Crippen molar-refractivity contribution in [2.45, 2.75) is 11.6 Å². The molecule has 0 saturated carbocycles. The lowest BCUT2D eigenvalue weighted by Crippen LogP contribution is -2.30. The fourth-order valence-corrected chi connectivity index (χ4v) is 4.00. The summed E-state index contributed by atoms with van der Waals surface area (Å²) in [6, 6.07) is 13.5.